The third-order valence-electron chi connectivity index (χ3n) is 4.73. The molecule has 0 fully saturated rings. The maximum atomic E-state index is 12.6. The lowest BCUT2D eigenvalue weighted by Crippen LogP contribution is -2.04. The minimum Gasteiger partial charge on any atom is -0.497 e. The van der Waals surface area contributed by atoms with Crippen LogP contribution in [0.25, 0.3) is 22.8 Å². The molecular weight excluding hydrogens is 356 g/mol. The van der Waals surface area contributed by atoms with Crippen LogP contribution in [0.15, 0.2) is 48.5 Å². The maximum absolute atomic E-state index is 12.6. The minimum absolute atomic E-state index is 0.133. The first kappa shape index (κ1) is 17.6. The van der Waals surface area contributed by atoms with Crippen LogP contribution >= 0.6 is 0 Å². The third kappa shape index (κ3) is 2.95. The number of carboxylic acids is 1. The number of rotatable bonds is 4. The topological polar surface area (TPSA) is 91.4 Å². The number of aromatic nitrogens is 1. The van der Waals surface area contributed by atoms with Gasteiger partial charge in [0.05, 0.1) is 23.9 Å². The molecule has 140 valence electrons. The molecule has 3 N–H and O–H groups in total. The van der Waals surface area contributed by atoms with Crippen LogP contribution in [-0.4, -0.2) is 29.1 Å². The van der Waals surface area contributed by atoms with E-state index in [0.717, 1.165) is 22.4 Å². The zero-order valence-corrected chi connectivity index (χ0v) is 15.4. The molecule has 1 aliphatic heterocycles. The number of aromatic carboxylic acids is 1. The number of nitrogens with one attached hydrogen (secondary N) is 2. The number of amides is 1. The molecule has 0 radical (unpaired) electrons. The van der Waals surface area contributed by atoms with E-state index in [9.17, 15) is 14.7 Å². The summed E-state index contributed by atoms with van der Waals surface area (Å²) in [7, 11) is 1.61. The fraction of sp³-hybridized carbons (Fsp3) is 0.0909. The Morgan fingerprint density at radius 2 is 1.89 bits per heavy atom. The fourth-order valence-corrected chi connectivity index (χ4v) is 3.44. The van der Waals surface area contributed by atoms with Crippen LogP contribution in [0.1, 0.15) is 27.3 Å². The highest BCUT2D eigenvalue weighted by Crippen LogP contribution is 2.40. The highest BCUT2D eigenvalue weighted by molar-refractivity contribution is 6.36. The molecule has 0 aliphatic carbocycles. The number of aryl methyl sites for hydroxylation is 1. The highest BCUT2D eigenvalue weighted by atomic mass is 16.5. The summed E-state index contributed by atoms with van der Waals surface area (Å²) in [6.07, 6.45) is 1.60. The number of anilines is 1. The van der Waals surface area contributed by atoms with E-state index in [0.29, 0.717) is 22.6 Å². The Balaban J connectivity index is 1.88. The number of hydrogen-bond acceptors (Lipinski definition) is 3. The molecule has 0 spiro atoms. The maximum Gasteiger partial charge on any atom is 0.337 e. The van der Waals surface area contributed by atoms with Crippen molar-refractivity contribution >= 4 is 29.2 Å². The highest BCUT2D eigenvalue weighted by Gasteiger charge is 2.28. The molecule has 6 nitrogen and oxygen atoms in total. The number of fused-ring (bicyclic) bond motifs is 1. The summed E-state index contributed by atoms with van der Waals surface area (Å²) in [5.74, 6) is -0.563. The van der Waals surface area contributed by atoms with E-state index in [-0.39, 0.29) is 11.5 Å². The summed E-state index contributed by atoms with van der Waals surface area (Å²) in [6, 6.07) is 14.8. The van der Waals surface area contributed by atoms with Crippen LogP contribution in [0.4, 0.5) is 5.69 Å². The Hall–Kier alpha value is -3.80. The Labute approximate surface area is 161 Å². The molecule has 4 rings (SSSR count). The van der Waals surface area contributed by atoms with E-state index in [1.165, 1.54) is 0 Å². The first-order chi connectivity index (χ1) is 13.5. The first-order valence-electron chi connectivity index (χ1n) is 8.71. The summed E-state index contributed by atoms with van der Waals surface area (Å²) < 4.78 is 5.22. The van der Waals surface area contributed by atoms with E-state index in [2.05, 4.69) is 10.3 Å². The largest absolute Gasteiger partial charge is 0.497 e. The Kier molecular flexibility index (Phi) is 4.24. The van der Waals surface area contributed by atoms with Gasteiger partial charge in [0, 0.05) is 16.9 Å². The van der Waals surface area contributed by atoms with E-state index in [1.54, 1.807) is 26.2 Å². The van der Waals surface area contributed by atoms with Crippen molar-refractivity contribution in [3.05, 3.63) is 71.0 Å². The normalized spacial score (nSPS) is 14.1. The molecule has 0 saturated carbocycles. The van der Waals surface area contributed by atoms with Crippen LogP contribution in [0, 0.1) is 6.92 Å². The van der Waals surface area contributed by atoms with E-state index in [4.69, 9.17) is 4.74 Å². The summed E-state index contributed by atoms with van der Waals surface area (Å²) in [6.45, 7) is 1.78. The molecule has 1 amide bonds. The Bertz CT molecular complexity index is 1120. The van der Waals surface area contributed by atoms with Crippen molar-refractivity contribution in [3.63, 3.8) is 0 Å². The first-order valence-corrected chi connectivity index (χ1v) is 8.71. The summed E-state index contributed by atoms with van der Waals surface area (Å²) in [5.41, 5.74) is 4.93. The second-order valence-electron chi connectivity index (χ2n) is 6.55. The van der Waals surface area contributed by atoms with Crippen molar-refractivity contribution < 1.29 is 19.4 Å². The number of carbonyl (C=O) groups excluding carboxylic acids is 1. The Morgan fingerprint density at radius 3 is 2.57 bits per heavy atom. The molecule has 3 aromatic rings. The van der Waals surface area contributed by atoms with Gasteiger partial charge in [0.25, 0.3) is 5.91 Å². The second kappa shape index (κ2) is 6.74. The number of hydrogen-bond donors (Lipinski definition) is 3. The van der Waals surface area contributed by atoms with Gasteiger partial charge in [0.15, 0.2) is 0 Å². The molecular formula is C22H18N2O4. The molecule has 6 heteroatoms. The molecule has 0 atom stereocenters. The predicted molar refractivity (Wildman–Crippen MR) is 107 cm³/mol. The van der Waals surface area contributed by atoms with Crippen LogP contribution in [0.5, 0.6) is 5.75 Å². The average molecular weight is 374 g/mol. The van der Waals surface area contributed by atoms with Crippen molar-refractivity contribution in [1.29, 1.82) is 0 Å². The summed E-state index contributed by atoms with van der Waals surface area (Å²) >= 11 is 0. The van der Waals surface area contributed by atoms with E-state index < -0.39 is 5.97 Å². The number of carboxylic acid groups (broad SMARTS) is 1. The van der Waals surface area contributed by atoms with Gasteiger partial charge in [-0.25, -0.2) is 4.79 Å². The van der Waals surface area contributed by atoms with E-state index >= 15 is 0 Å². The summed E-state index contributed by atoms with van der Waals surface area (Å²) in [5, 5.41) is 12.3. The third-order valence-corrected chi connectivity index (χ3v) is 4.73. The quantitative estimate of drug-likeness (QED) is 0.597. The lowest BCUT2D eigenvalue weighted by atomic mass is 9.94. The van der Waals surface area contributed by atoms with Crippen LogP contribution in [-0.2, 0) is 4.79 Å². The number of methoxy groups -OCH3 is 1. The van der Waals surface area contributed by atoms with Crippen LogP contribution in [0.3, 0.4) is 0 Å². The van der Waals surface area contributed by atoms with Crippen LogP contribution < -0.4 is 10.1 Å². The molecule has 0 unspecified atom stereocenters. The van der Waals surface area contributed by atoms with Gasteiger partial charge in [-0.2, -0.15) is 0 Å². The van der Waals surface area contributed by atoms with Gasteiger partial charge in [0.1, 0.15) is 5.75 Å². The smallest absolute Gasteiger partial charge is 0.337 e. The number of ether oxygens (including phenoxy) is 1. The van der Waals surface area contributed by atoms with Gasteiger partial charge in [0.2, 0.25) is 0 Å². The van der Waals surface area contributed by atoms with Gasteiger partial charge in [-0.1, -0.05) is 24.3 Å². The van der Waals surface area contributed by atoms with Gasteiger partial charge >= 0.3 is 5.97 Å². The monoisotopic (exact) mass is 374 g/mol. The lowest BCUT2D eigenvalue weighted by molar-refractivity contribution is -0.110. The van der Waals surface area contributed by atoms with Crippen molar-refractivity contribution in [2.24, 2.45) is 0 Å². The SMILES string of the molecule is COc1ccc(-c2cccc3c2/C(=C/c2[nH]c(C)cc2C(=O)O)C(=O)N3)cc1. The molecule has 1 aliphatic rings. The number of aromatic amines is 1. The standard InChI is InChI=1S/C22H18N2O4/c1-12-10-16(22(26)27)19(23-12)11-17-20-15(4-3-5-18(20)24-21(17)25)13-6-8-14(28-2)9-7-13/h3-11,23H,1-2H3,(H,24,25)(H,26,27)/b17-11-. The lowest BCUT2D eigenvalue weighted by Gasteiger charge is -2.09. The van der Waals surface area contributed by atoms with Gasteiger partial charge in [-0.3, -0.25) is 4.79 Å². The number of benzene rings is 2. The van der Waals surface area contributed by atoms with E-state index in [1.807, 2.05) is 42.5 Å². The fourth-order valence-electron chi connectivity index (χ4n) is 3.44. The zero-order valence-electron chi connectivity index (χ0n) is 15.4. The number of H-pyrrole nitrogens is 1. The van der Waals surface area contributed by atoms with Crippen molar-refractivity contribution in [1.82, 2.24) is 4.98 Å². The van der Waals surface area contributed by atoms with Crippen molar-refractivity contribution in [2.45, 2.75) is 6.92 Å². The zero-order chi connectivity index (χ0) is 19.8. The molecule has 28 heavy (non-hydrogen) atoms. The van der Waals surface area contributed by atoms with Crippen LogP contribution in [0.2, 0.25) is 0 Å². The number of carbonyl (C=O) groups is 2. The molecule has 0 bridgehead atoms. The predicted octanol–water partition coefficient (Wildman–Crippen LogP) is 4.19. The molecule has 2 heterocycles. The van der Waals surface area contributed by atoms with Gasteiger partial charge < -0.3 is 20.1 Å². The van der Waals surface area contributed by atoms with Gasteiger partial charge in [-0.15, -0.1) is 0 Å². The second-order valence-corrected chi connectivity index (χ2v) is 6.55. The van der Waals surface area contributed by atoms with Crippen molar-refractivity contribution in [3.8, 4) is 16.9 Å². The molecule has 1 aromatic heterocycles. The molecule has 0 saturated heterocycles. The average Bonchev–Trinajstić information content (AvgIpc) is 3.21. The Morgan fingerprint density at radius 1 is 1.14 bits per heavy atom. The molecule has 2 aromatic carbocycles. The summed E-state index contributed by atoms with van der Waals surface area (Å²) in [4.78, 5) is 27.2. The minimum atomic E-state index is -1.04. The van der Waals surface area contributed by atoms with Crippen molar-refractivity contribution in [2.75, 3.05) is 12.4 Å². The van der Waals surface area contributed by atoms with Gasteiger partial charge in [-0.05, 0) is 48.4 Å².